The Morgan fingerprint density at radius 3 is 2.28 bits per heavy atom. The molecule has 1 saturated heterocycles. The van der Waals surface area contributed by atoms with E-state index in [9.17, 15) is 22.4 Å². The molecular formula is C22H24F4N2O. The first-order valence-corrected chi connectivity index (χ1v) is 9.58. The molecule has 1 aliphatic rings. The Morgan fingerprint density at radius 2 is 1.69 bits per heavy atom. The third-order valence-electron chi connectivity index (χ3n) is 5.48. The first-order chi connectivity index (χ1) is 13.6. The minimum Gasteiger partial charge on any atom is -0.326 e. The molecule has 0 unspecified atom stereocenters. The Bertz CT molecular complexity index is 841. The van der Waals surface area contributed by atoms with Gasteiger partial charge in [-0.2, -0.15) is 13.2 Å². The number of rotatable bonds is 5. The summed E-state index contributed by atoms with van der Waals surface area (Å²) in [5, 5.41) is 2.82. The van der Waals surface area contributed by atoms with Gasteiger partial charge in [-0.3, -0.25) is 9.69 Å². The van der Waals surface area contributed by atoms with Crippen LogP contribution in [0.1, 0.15) is 30.9 Å². The number of carbonyl (C=O) groups excluding carboxylic acids is 1. The fraction of sp³-hybridized carbons (Fsp3) is 0.409. The van der Waals surface area contributed by atoms with Crippen LogP contribution in [-0.4, -0.2) is 30.1 Å². The lowest BCUT2D eigenvalue weighted by Gasteiger charge is -2.38. The first-order valence-electron chi connectivity index (χ1n) is 9.58. The maximum atomic E-state index is 13.8. The van der Waals surface area contributed by atoms with Gasteiger partial charge in [0, 0.05) is 23.2 Å². The number of carbonyl (C=O) groups is 1. The van der Waals surface area contributed by atoms with Gasteiger partial charge in [0.2, 0.25) is 5.91 Å². The summed E-state index contributed by atoms with van der Waals surface area (Å²) in [5.41, 5.74) is 0.703. The SMILES string of the molecule is CC1(C(=O)Nc2ccc(CC(F)(F)F)cc2)CCN(Cc2ccccc2F)CC1. The Kier molecular flexibility index (Phi) is 6.27. The van der Waals surface area contributed by atoms with E-state index >= 15 is 0 Å². The quantitative estimate of drug-likeness (QED) is 0.692. The maximum absolute atomic E-state index is 13.8. The minimum absolute atomic E-state index is 0.147. The molecule has 0 atom stereocenters. The smallest absolute Gasteiger partial charge is 0.326 e. The molecule has 1 amide bonds. The van der Waals surface area contributed by atoms with E-state index in [1.807, 2.05) is 6.92 Å². The molecule has 0 aliphatic carbocycles. The summed E-state index contributed by atoms with van der Waals surface area (Å²) in [7, 11) is 0. The van der Waals surface area contributed by atoms with Crippen molar-refractivity contribution >= 4 is 11.6 Å². The summed E-state index contributed by atoms with van der Waals surface area (Å²) in [6, 6.07) is 12.4. The van der Waals surface area contributed by atoms with Crippen molar-refractivity contribution in [3.8, 4) is 0 Å². The number of alkyl halides is 3. The molecule has 0 radical (unpaired) electrons. The van der Waals surface area contributed by atoms with E-state index in [1.54, 1.807) is 18.2 Å². The van der Waals surface area contributed by atoms with Crippen LogP contribution in [0, 0.1) is 11.2 Å². The fourth-order valence-corrected chi connectivity index (χ4v) is 3.52. The van der Waals surface area contributed by atoms with Gasteiger partial charge in [-0.15, -0.1) is 0 Å². The number of amides is 1. The first kappa shape index (κ1) is 21.3. The lowest BCUT2D eigenvalue weighted by atomic mass is 9.79. The zero-order valence-electron chi connectivity index (χ0n) is 16.2. The number of anilines is 1. The molecule has 0 aromatic heterocycles. The Morgan fingerprint density at radius 1 is 1.07 bits per heavy atom. The molecule has 29 heavy (non-hydrogen) atoms. The number of hydrogen-bond donors (Lipinski definition) is 1. The number of halogens is 4. The van der Waals surface area contributed by atoms with Gasteiger partial charge in [0.25, 0.3) is 0 Å². The molecule has 0 saturated carbocycles. The minimum atomic E-state index is -4.26. The van der Waals surface area contributed by atoms with Gasteiger partial charge in [-0.05, 0) is 49.7 Å². The topological polar surface area (TPSA) is 32.3 Å². The Hall–Kier alpha value is -2.41. The van der Waals surface area contributed by atoms with Gasteiger partial charge in [0.15, 0.2) is 0 Å². The zero-order valence-corrected chi connectivity index (χ0v) is 16.2. The second kappa shape index (κ2) is 8.53. The van der Waals surface area contributed by atoms with Crippen LogP contribution in [0.15, 0.2) is 48.5 Å². The average Bonchev–Trinajstić information content (AvgIpc) is 2.66. The normalized spacial score (nSPS) is 17.1. The van der Waals surface area contributed by atoms with Gasteiger partial charge in [-0.25, -0.2) is 4.39 Å². The highest BCUT2D eigenvalue weighted by atomic mass is 19.4. The average molecular weight is 408 g/mol. The van der Waals surface area contributed by atoms with Crippen molar-refractivity contribution in [3.63, 3.8) is 0 Å². The zero-order chi connectivity index (χ0) is 21.1. The summed E-state index contributed by atoms with van der Waals surface area (Å²) in [4.78, 5) is 14.9. The van der Waals surface area contributed by atoms with Crippen LogP contribution in [0.25, 0.3) is 0 Å². The van der Waals surface area contributed by atoms with Crippen molar-refractivity contribution in [2.75, 3.05) is 18.4 Å². The monoisotopic (exact) mass is 408 g/mol. The van der Waals surface area contributed by atoms with Crippen LogP contribution >= 0.6 is 0 Å². The number of benzene rings is 2. The third-order valence-corrected chi connectivity index (χ3v) is 5.48. The summed E-state index contributed by atoms with van der Waals surface area (Å²) in [6.07, 6.45) is -4.00. The lowest BCUT2D eigenvalue weighted by Crippen LogP contribution is -2.44. The molecule has 2 aromatic rings. The standard InChI is InChI=1S/C22H24F4N2O/c1-21(10-12-28(13-11-21)15-17-4-2-3-5-19(17)23)20(29)27-18-8-6-16(7-9-18)14-22(24,25)26/h2-9H,10-15H2,1H3,(H,27,29). The molecule has 0 bridgehead atoms. The molecule has 3 nitrogen and oxygen atoms in total. The molecule has 1 heterocycles. The predicted octanol–water partition coefficient (Wildman–Crippen LogP) is 5.17. The largest absolute Gasteiger partial charge is 0.393 e. The van der Waals surface area contributed by atoms with Crippen molar-refractivity contribution in [1.82, 2.24) is 4.90 Å². The molecule has 3 rings (SSSR count). The lowest BCUT2D eigenvalue weighted by molar-refractivity contribution is -0.128. The maximum Gasteiger partial charge on any atom is 0.393 e. The van der Waals surface area contributed by atoms with E-state index < -0.39 is 18.0 Å². The summed E-state index contributed by atoms with van der Waals surface area (Å²) < 4.78 is 51.2. The van der Waals surface area contributed by atoms with E-state index in [4.69, 9.17) is 0 Å². The van der Waals surface area contributed by atoms with E-state index in [1.165, 1.54) is 30.3 Å². The number of piperidine rings is 1. The van der Waals surface area contributed by atoms with Crippen LogP contribution in [0.5, 0.6) is 0 Å². The second-order valence-corrected chi connectivity index (χ2v) is 7.87. The highest BCUT2D eigenvalue weighted by Crippen LogP contribution is 2.33. The van der Waals surface area contributed by atoms with Crippen LogP contribution in [0.3, 0.4) is 0 Å². The van der Waals surface area contributed by atoms with Crippen LogP contribution in [-0.2, 0) is 17.8 Å². The van der Waals surface area contributed by atoms with Crippen LogP contribution in [0.4, 0.5) is 23.2 Å². The second-order valence-electron chi connectivity index (χ2n) is 7.87. The van der Waals surface area contributed by atoms with Gasteiger partial charge in [-0.1, -0.05) is 37.3 Å². The number of hydrogen-bond acceptors (Lipinski definition) is 2. The molecule has 0 spiro atoms. The van der Waals surface area contributed by atoms with Crippen LogP contribution < -0.4 is 5.32 Å². The van der Waals surface area contributed by atoms with Crippen molar-refractivity contribution in [2.45, 2.75) is 38.9 Å². The van der Waals surface area contributed by atoms with Gasteiger partial charge in [0.1, 0.15) is 5.82 Å². The van der Waals surface area contributed by atoms with E-state index in [-0.39, 0.29) is 17.3 Å². The molecule has 1 N–H and O–H groups in total. The van der Waals surface area contributed by atoms with Gasteiger partial charge >= 0.3 is 6.18 Å². The molecule has 7 heteroatoms. The Labute approximate surface area is 167 Å². The molecule has 1 aliphatic heterocycles. The number of nitrogens with one attached hydrogen (secondary N) is 1. The summed E-state index contributed by atoms with van der Waals surface area (Å²) >= 11 is 0. The highest BCUT2D eigenvalue weighted by Gasteiger charge is 2.37. The number of likely N-dealkylation sites (tertiary alicyclic amines) is 1. The highest BCUT2D eigenvalue weighted by molar-refractivity contribution is 5.95. The number of nitrogens with zero attached hydrogens (tertiary/aromatic N) is 1. The van der Waals surface area contributed by atoms with Crippen molar-refractivity contribution in [2.24, 2.45) is 5.41 Å². The van der Waals surface area contributed by atoms with Crippen LogP contribution in [0.2, 0.25) is 0 Å². The summed E-state index contributed by atoms with van der Waals surface area (Å²) in [6.45, 7) is 3.73. The molecule has 2 aromatic carbocycles. The fourth-order valence-electron chi connectivity index (χ4n) is 3.52. The predicted molar refractivity (Wildman–Crippen MR) is 104 cm³/mol. The van der Waals surface area contributed by atoms with Gasteiger partial charge in [0.05, 0.1) is 6.42 Å². The van der Waals surface area contributed by atoms with E-state index in [0.717, 1.165) is 0 Å². The van der Waals surface area contributed by atoms with Gasteiger partial charge < -0.3 is 5.32 Å². The van der Waals surface area contributed by atoms with E-state index in [2.05, 4.69) is 10.2 Å². The Balaban J connectivity index is 1.54. The third kappa shape index (κ3) is 5.79. The van der Waals surface area contributed by atoms with Crippen molar-refractivity contribution in [3.05, 3.63) is 65.5 Å². The molecule has 1 fully saturated rings. The summed E-state index contributed by atoms with van der Waals surface area (Å²) in [5.74, 6) is -0.376. The molecular weight excluding hydrogens is 384 g/mol. The van der Waals surface area contributed by atoms with Crippen molar-refractivity contribution < 1.29 is 22.4 Å². The van der Waals surface area contributed by atoms with E-state index in [0.29, 0.717) is 43.7 Å². The van der Waals surface area contributed by atoms with Crippen molar-refractivity contribution in [1.29, 1.82) is 0 Å². The molecule has 156 valence electrons.